The van der Waals surface area contributed by atoms with Crippen molar-refractivity contribution in [3.8, 4) is 0 Å². The second-order valence-corrected chi connectivity index (χ2v) is 31.5. The zero-order valence-corrected chi connectivity index (χ0v) is 72.6. The van der Waals surface area contributed by atoms with Crippen LogP contribution in [0.2, 0.25) is 0 Å². The number of aromatic amines is 2. The van der Waals surface area contributed by atoms with E-state index in [2.05, 4.69) is 94.7 Å². The van der Waals surface area contributed by atoms with Gasteiger partial charge < -0.3 is 145 Å². The molecule has 6 rings (SSSR count). The molecule has 1 aliphatic rings. The number of aromatic nitrogens is 3. The summed E-state index contributed by atoms with van der Waals surface area (Å²) in [5, 5.41) is 83.6. The average molecular weight is 1800 g/mol. The van der Waals surface area contributed by atoms with Crippen LogP contribution < -0.4 is 120 Å². The van der Waals surface area contributed by atoms with Gasteiger partial charge in [-0.15, -0.1) is 0 Å². The molecule has 3 aromatic carbocycles. The number of unbranched alkanes of at least 4 members (excludes halogenated alkanes) is 3. The van der Waals surface area contributed by atoms with Crippen LogP contribution in [0.3, 0.4) is 0 Å². The number of guanidine groups is 3. The fourth-order valence-corrected chi connectivity index (χ4v) is 14.3. The number of hydrogen-bond acceptors (Lipinski definition) is 23. The molecule has 0 spiro atoms. The number of fused-ring (bicyclic) bond motifs is 1. The van der Waals surface area contributed by atoms with E-state index >= 15 is 9.59 Å². The second-order valence-electron chi connectivity index (χ2n) is 31.5. The molecule has 13 amide bonds. The van der Waals surface area contributed by atoms with Crippen LogP contribution in [0.4, 0.5) is 0 Å². The number of benzene rings is 3. The number of rotatable bonds is 59. The molecule has 36 N–H and O–H groups in total. The number of carboxylic acid groups (broad SMARTS) is 1. The molecule has 13 unspecified atom stereocenters. The number of carbonyl (C=O) groups excluding carboxylic acids is 13. The van der Waals surface area contributed by atoms with Crippen molar-refractivity contribution >= 4 is 112 Å². The number of H-pyrrole nitrogens is 2. The number of nitrogens with zero attached hydrogens (tertiary/aromatic N) is 2. The minimum Gasteiger partial charge on any atom is -0.480 e. The molecule has 1 saturated heterocycles. The van der Waals surface area contributed by atoms with Gasteiger partial charge in [-0.25, -0.2) is 9.78 Å². The number of nitrogens with one attached hydrogen (secondary N) is 20. The smallest absolute Gasteiger partial charge is 0.326 e. The summed E-state index contributed by atoms with van der Waals surface area (Å²) in [6.45, 7) is 0.470. The topological polar surface area (TPSA) is 761 Å². The maximum atomic E-state index is 15.1. The molecule has 0 saturated carbocycles. The predicted octanol–water partition coefficient (Wildman–Crippen LogP) is -5.80. The van der Waals surface area contributed by atoms with Gasteiger partial charge in [0.25, 0.3) is 0 Å². The van der Waals surface area contributed by atoms with Crippen LogP contribution >= 0.6 is 0 Å². The maximum Gasteiger partial charge on any atom is 0.326 e. The number of aliphatic hydroxyl groups excluding tert-OH is 1. The molecule has 129 heavy (non-hydrogen) atoms. The Kier molecular flexibility index (Phi) is 45.3. The molecule has 1 aliphatic heterocycles. The highest BCUT2D eigenvalue weighted by atomic mass is 16.4. The summed E-state index contributed by atoms with van der Waals surface area (Å²) in [6, 6.07) is 8.33. The largest absolute Gasteiger partial charge is 0.480 e. The van der Waals surface area contributed by atoms with Gasteiger partial charge in [-0.05, 0) is 165 Å². The predicted molar refractivity (Wildman–Crippen MR) is 478 cm³/mol. The number of imidazole rings is 1. The number of likely N-dealkylation sites (tertiary alicyclic amines) is 1. The van der Waals surface area contributed by atoms with E-state index in [0.717, 1.165) is 16.5 Å². The van der Waals surface area contributed by atoms with Crippen molar-refractivity contribution in [3.05, 3.63) is 126 Å². The van der Waals surface area contributed by atoms with E-state index in [1.807, 2.05) is 48.5 Å². The first-order valence-electron chi connectivity index (χ1n) is 43.3. The van der Waals surface area contributed by atoms with Gasteiger partial charge in [0, 0.05) is 68.7 Å². The molecule has 2 aromatic heterocycles. The first-order valence-corrected chi connectivity index (χ1v) is 43.3. The highest BCUT2D eigenvalue weighted by molar-refractivity contribution is 6.00. The molecule has 0 aliphatic carbocycles. The molecule has 0 bridgehead atoms. The van der Waals surface area contributed by atoms with Crippen molar-refractivity contribution in [1.82, 2.24) is 99.6 Å². The van der Waals surface area contributed by atoms with Crippen molar-refractivity contribution in [1.29, 1.82) is 16.2 Å². The van der Waals surface area contributed by atoms with Crippen LogP contribution in [0.5, 0.6) is 0 Å². The highest BCUT2D eigenvalue weighted by Gasteiger charge is 2.42. The van der Waals surface area contributed by atoms with Gasteiger partial charge in [0.2, 0.25) is 76.8 Å². The molecule has 1 fully saturated rings. The SMILES string of the molecule is CC(O)C(NC(=O)C(CCCCN)NC(=O)C(Cc1c[nH]c2ccccc12)NC(=O)C(Cc1ccccc1)NC(=O)C(N)Cc1ccccc1)C(=O)NC(CCCCN)C(=O)N1CCCC1C(=O)NC(CCCNC(=N)N)C(=O)NC(CCCCN)C(=O)NC(Cc1c[nH]cn1)C(=O)NCC(=O)NCC(=O)NC(CCCNC(=N)N)C(=O)NC(CCCNC(=N)N)C(=O)O. The molecule has 45 nitrogen and oxygen atoms in total. The summed E-state index contributed by atoms with van der Waals surface area (Å²) in [7, 11) is 0. The lowest BCUT2D eigenvalue weighted by Gasteiger charge is -2.31. The van der Waals surface area contributed by atoms with Crippen LogP contribution in [-0.2, 0) is 92.8 Å². The monoisotopic (exact) mass is 1800 g/mol. The quantitative estimate of drug-likeness (QED) is 0.00979. The van der Waals surface area contributed by atoms with Gasteiger partial charge in [0.15, 0.2) is 17.9 Å². The third-order valence-corrected chi connectivity index (χ3v) is 21.2. The standard InChI is InChI=1S/C84H129N29O16/c1-49(114)69(112-75(122)59(27-11-14-34-86)105-77(124)64(42-52-44-99-56-25-9-8-24-54(52)56)110-76(123)63(41-51-22-6-3-7-23-51)109-70(117)55(88)40-50-20-4-2-5-21-50)79(126)107-61(28-12-15-35-87)80(127)113-39-19-32-66(113)78(125)106-60(30-17-37-97-83(91)92)73(120)104-58(26-10-13-33-85)74(121)111-65(43-53-45-95-48-102-53)71(118)101-46-67(115)100-47-68(116)103-57(29-16-36-96-82(89)90)72(119)108-62(81(128)129)31-18-38-98-84(93)94/h2-9,20-25,44-45,48-49,55,57-66,69,99,114H,10-19,26-43,46-47,85-88H2,1H3,(H,95,102)(H,100,115)(H,101,118)(H,103,116)(H,104,120)(H,105,124)(H,106,125)(H,107,126)(H,108,119)(H,109,117)(H,110,123)(H,111,121)(H,112,122)(H,128,129)(H4,89,90,96)(H4,91,92,97)(H4,93,94,98). The van der Waals surface area contributed by atoms with Crippen LogP contribution in [0.1, 0.15) is 138 Å². The van der Waals surface area contributed by atoms with Gasteiger partial charge in [-0.2, -0.15) is 0 Å². The number of hydrogen-bond donors (Lipinski definition) is 29. The van der Waals surface area contributed by atoms with Crippen LogP contribution in [0.15, 0.2) is 104 Å². The third-order valence-electron chi connectivity index (χ3n) is 21.2. The van der Waals surface area contributed by atoms with E-state index in [1.54, 1.807) is 42.6 Å². The lowest BCUT2D eigenvalue weighted by atomic mass is 10.0. The number of aliphatic carboxylic acids is 1. The fourth-order valence-electron chi connectivity index (χ4n) is 14.3. The second kappa shape index (κ2) is 55.9. The van der Waals surface area contributed by atoms with Crippen molar-refractivity contribution in [3.63, 3.8) is 0 Å². The Morgan fingerprint density at radius 3 is 1.41 bits per heavy atom. The molecule has 45 heteroatoms. The Morgan fingerprint density at radius 2 is 0.891 bits per heavy atom. The number of para-hydroxylation sites is 1. The number of nitrogens with two attached hydrogens (primary N) is 7. The summed E-state index contributed by atoms with van der Waals surface area (Å²) < 4.78 is 0. The van der Waals surface area contributed by atoms with Gasteiger partial charge in [0.05, 0.1) is 37.3 Å². The van der Waals surface area contributed by atoms with Crippen molar-refractivity contribution in [2.75, 3.05) is 58.9 Å². The molecule has 706 valence electrons. The number of carboxylic acids is 1. The highest BCUT2D eigenvalue weighted by Crippen LogP contribution is 2.23. The maximum absolute atomic E-state index is 15.1. The molecule has 5 aromatic rings. The summed E-state index contributed by atoms with van der Waals surface area (Å²) in [5.74, 6) is -13.7. The van der Waals surface area contributed by atoms with Crippen LogP contribution in [0.25, 0.3) is 10.9 Å². The van der Waals surface area contributed by atoms with E-state index in [9.17, 15) is 67.7 Å². The number of carbonyl (C=O) groups is 14. The van der Waals surface area contributed by atoms with E-state index in [0.29, 0.717) is 30.4 Å². The molecular weight excluding hydrogens is 1670 g/mol. The summed E-state index contributed by atoms with van der Waals surface area (Å²) in [5.41, 5.74) is 43.5. The Hall–Kier alpha value is -13.4. The van der Waals surface area contributed by atoms with Gasteiger partial charge in [-0.1, -0.05) is 78.9 Å². The molecule has 13 atom stereocenters. The summed E-state index contributed by atoms with van der Waals surface area (Å²) in [6.07, 6.45) is 4.59. The normalized spacial score (nSPS) is 15.1. The lowest BCUT2D eigenvalue weighted by Crippen LogP contribution is -2.62. The zero-order chi connectivity index (χ0) is 94.3. The van der Waals surface area contributed by atoms with Crippen molar-refractivity contribution in [2.45, 2.75) is 220 Å². The number of amides is 13. The third kappa shape index (κ3) is 37.2. The minimum atomic E-state index is -1.80. The van der Waals surface area contributed by atoms with Crippen LogP contribution in [0, 0.1) is 16.2 Å². The first-order chi connectivity index (χ1) is 61.8. The summed E-state index contributed by atoms with van der Waals surface area (Å²) in [4.78, 5) is 210. The van der Waals surface area contributed by atoms with E-state index < -0.39 is 180 Å². The van der Waals surface area contributed by atoms with E-state index in [1.165, 1.54) is 24.3 Å². The van der Waals surface area contributed by atoms with Gasteiger partial charge in [0.1, 0.15) is 66.5 Å². The number of aliphatic hydroxyl groups is 1. The van der Waals surface area contributed by atoms with Crippen LogP contribution in [-0.4, -0.2) is 268 Å². The summed E-state index contributed by atoms with van der Waals surface area (Å²) >= 11 is 0. The molecular formula is C84H129N29O16. The zero-order valence-electron chi connectivity index (χ0n) is 72.6. The first kappa shape index (κ1) is 104. The fraction of sp³-hybridized carbons (Fsp3) is 0.524. The minimum absolute atomic E-state index is 0.0145. The molecule has 0 radical (unpaired) electrons. The van der Waals surface area contributed by atoms with Crippen molar-refractivity contribution in [2.24, 2.45) is 40.1 Å². The lowest BCUT2D eigenvalue weighted by molar-refractivity contribution is -0.143. The Labute approximate surface area is 746 Å². The van der Waals surface area contributed by atoms with Gasteiger partial charge in [-0.3, -0.25) is 78.6 Å². The van der Waals surface area contributed by atoms with Crippen molar-refractivity contribution < 1.29 is 77.3 Å². The molecule has 3 heterocycles. The average Bonchev–Trinajstić information content (AvgIpc) is 1.70. The van der Waals surface area contributed by atoms with Gasteiger partial charge >= 0.3 is 5.97 Å². The Bertz CT molecular complexity index is 4510. The Morgan fingerprint density at radius 1 is 0.457 bits per heavy atom. The Balaban J connectivity index is 1.17. The van der Waals surface area contributed by atoms with E-state index in [-0.39, 0.29) is 179 Å². The van der Waals surface area contributed by atoms with E-state index in [4.69, 9.17) is 56.4 Å².